The second kappa shape index (κ2) is 6.31. The summed E-state index contributed by atoms with van der Waals surface area (Å²) in [6.07, 6.45) is 13.3. The first kappa shape index (κ1) is 18.4. The van der Waals surface area contributed by atoms with Crippen molar-refractivity contribution in [3.63, 3.8) is 0 Å². The second-order valence-electron chi connectivity index (χ2n) is 10.6. The largest absolute Gasteiger partial charge is 0.393 e. The van der Waals surface area contributed by atoms with E-state index in [0.29, 0.717) is 10.8 Å². The fourth-order valence-corrected chi connectivity index (χ4v) is 8.95. The molecule has 2 heteroatoms. The number of fused-ring (bicyclic) bond motifs is 6. The molecule has 1 aromatic carbocycles. The number of hydrogen-bond acceptors (Lipinski definition) is 2. The minimum atomic E-state index is -0.104. The van der Waals surface area contributed by atoms with Crippen molar-refractivity contribution in [3.05, 3.63) is 52.9 Å². The summed E-state index contributed by atoms with van der Waals surface area (Å²) in [6, 6.07) is 11.3. The van der Waals surface area contributed by atoms with Crippen LogP contribution < -0.4 is 0 Å². The minimum absolute atomic E-state index is 0.104. The molecule has 1 nitrogen and oxygen atoms in total. The van der Waals surface area contributed by atoms with Crippen LogP contribution in [0.3, 0.4) is 0 Å². The van der Waals surface area contributed by atoms with Crippen molar-refractivity contribution >= 4 is 27.0 Å². The Balaban J connectivity index is 1.34. The number of aliphatic hydroxyl groups is 1. The molecule has 1 aromatic heterocycles. The predicted octanol–water partition coefficient (Wildman–Crippen LogP) is 7.22. The predicted molar refractivity (Wildman–Crippen MR) is 123 cm³/mol. The van der Waals surface area contributed by atoms with Crippen molar-refractivity contribution < 1.29 is 5.11 Å². The van der Waals surface area contributed by atoms with E-state index in [-0.39, 0.29) is 6.10 Å². The van der Waals surface area contributed by atoms with Gasteiger partial charge in [0.05, 0.1) is 6.10 Å². The highest BCUT2D eigenvalue weighted by Gasteiger charge is 2.56. The summed E-state index contributed by atoms with van der Waals surface area (Å²) < 4.78 is 1.42. The Labute approximate surface area is 178 Å². The van der Waals surface area contributed by atoms with Crippen LogP contribution in [-0.4, -0.2) is 11.2 Å². The highest BCUT2D eigenvalue weighted by molar-refractivity contribution is 7.20. The third-order valence-corrected chi connectivity index (χ3v) is 10.5. The van der Waals surface area contributed by atoms with Gasteiger partial charge in [0.1, 0.15) is 0 Å². The average molecular weight is 405 g/mol. The summed E-state index contributed by atoms with van der Waals surface area (Å²) in [4.78, 5) is 1.51. The van der Waals surface area contributed by atoms with Crippen LogP contribution in [0.4, 0.5) is 0 Å². The molecule has 6 atom stereocenters. The Morgan fingerprint density at radius 1 is 0.966 bits per heavy atom. The fraction of sp³-hybridized carbons (Fsp3) is 0.556. The third kappa shape index (κ3) is 2.55. The van der Waals surface area contributed by atoms with Crippen molar-refractivity contribution in [2.75, 3.05) is 0 Å². The quantitative estimate of drug-likeness (QED) is 0.498. The number of thiophene rings is 1. The van der Waals surface area contributed by atoms with Crippen LogP contribution in [-0.2, 0) is 0 Å². The Hall–Kier alpha value is -1.38. The molecule has 0 radical (unpaired) electrons. The molecule has 0 aliphatic heterocycles. The van der Waals surface area contributed by atoms with Crippen molar-refractivity contribution in [1.29, 1.82) is 0 Å². The maximum absolute atomic E-state index is 10.2. The first-order chi connectivity index (χ1) is 14.0. The lowest BCUT2D eigenvalue weighted by atomic mass is 9.47. The highest BCUT2D eigenvalue weighted by atomic mass is 32.1. The lowest BCUT2D eigenvalue weighted by molar-refractivity contribution is -0.0237. The summed E-state index contributed by atoms with van der Waals surface area (Å²) in [7, 11) is 0. The minimum Gasteiger partial charge on any atom is -0.393 e. The van der Waals surface area contributed by atoms with E-state index in [2.05, 4.69) is 56.3 Å². The molecule has 0 unspecified atom stereocenters. The van der Waals surface area contributed by atoms with E-state index in [9.17, 15) is 5.11 Å². The van der Waals surface area contributed by atoms with Gasteiger partial charge in [0, 0.05) is 9.58 Å². The molecule has 0 spiro atoms. The normalized spacial score (nSPS) is 41.3. The number of aliphatic hydroxyl groups excluding tert-OH is 1. The van der Waals surface area contributed by atoms with E-state index in [4.69, 9.17) is 0 Å². The molecular weight excluding hydrogens is 372 g/mol. The number of hydrogen-bond donors (Lipinski definition) is 1. The van der Waals surface area contributed by atoms with Gasteiger partial charge in [-0.25, -0.2) is 0 Å². The topological polar surface area (TPSA) is 20.2 Å². The zero-order chi connectivity index (χ0) is 19.8. The molecule has 29 heavy (non-hydrogen) atoms. The molecule has 0 saturated heterocycles. The molecule has 6 rings (SSSR count). The zero-order valence-corrected chi connectivity index (χ0v) is 18.5. The molecular formula is C27H32OS. The van der Waals surface area contributed by atoms with Crippen molar-refractivity contribution in [3.8, 4) is 0 Å². The van der Waals surface area contributed by atoms with Gasteiger partial charge >= 0.3 is 0 Å². The summed E-state index contributed by atoms with van der Waals surface area (Å²) in [5.74, 6) is 2.40. The van der Waals surface area contributed by atoms with E-state index in [1.54, 1.807) is 11.1 Å². The molecule has 4 aliphatic carbocycles. The van der Waals surface area contributed by atoms with Crippen LogP contribution in [0, 0.1) is 28.6 Å². The van der Waals surface area contributed by atoms with E-state index in [0.717, 1.165) is 30.6 Å². The Kier molecular flexibility index (Phi) is 4.00. The van der Waals surface area contributed by atoms with Crippen LogP contribution in [0.1, 0.15) is 63.7 Å². The van der Waals surface area contributed by atoms with Gasteiger partial charge in [0.25, 0.3) is 0 Å². The van der Waals surface area contributed by atoms with E-state index in [1.165, 1.54) is 47.1 Å². The number of allylic oxidation sites excluding steroid dienone is 3. The number of benzene rings is 1. The van der Waals surface area contributed by atoms with Crippen LogP contribution in [0.15, 0.2) is 48.1 Å². The third-order valence-electron chi connectivity index (χ3n) is 9.35. The molecule has 2 aromatic rings. The van der Waals surface area contributed by atoms with Gasteiger partial charge in [-0.3, -0.25) is 0 Å². The van der Waals surface area contributed by atoms with Crippen LogP contribution in [0.25, 0.3) is 15.7 Å². The molecule has 0 amide bonds. The van der Waals surface area contributed by atoms with Gasteiger partial charge in [-0.05, 0) is 96.6 Å². The monoisotopic (exact) mass is 404 g/mol. The fourth-order valence-electron chi connectivity index (χ4n) is 7.71. The van der Waals surface area contributed by atoms with Gasteiger partial charge in [-0.1, -0.05) is 49.8 Å². The summed E-state index contributed by atoms with van der Waals surface area (Å²) in [5.41, 5.74) is 3.89. The van der Waals surface area contributed by atoms with Crippen molar-refractivity contribution in [2.45, 2.75) is 64.9 Å². The standard InChI is InChI=1S/C27H32OS/c1-26-13-11-19(28)16-18(26)7-8-20-21-9-10-23(27(21,2)14-12-22(20)26)25-15-17-5-3-4-6-24(17)29-25/h3-7,10,15,19-22,28H,8-9,11-14,16H2,1-2H3/t19-,20-,21-,22-,26-,27-/m0/s1. The smallest absolute Gasteiger partial charge is 0.0577 e. The molecule has 1 heterocycles. The molecule has 2 fully saturated rings. The lowest BCUT2D eigenvalue weighted by Gasteiger charge is -2.57. The van der Waals surface area contributed by atoms with Crippen molar-refractivity contribution in [2.24, 2.45) is 28.6 Å². The van der Waals surface area contributed by atoms with Gasteiger partial charge < -0.3 is 5.11 Å². The van der Waals surface area contributed by atoms with Crippen LogP contribution in [0.5, 0.6) is 0 Å². The highest BCUT2D eigenvalue weighted by Crippen LogP contribution is 2.66. The maximum Gasteiger partial charge on any atom is 0.0577 e. The SMILES string of the molecule is C[C@]12CC[C@H](O)CC1=CC[C@@H]1[C@@H]2CC[C@]2(C)C(c3cc4ccccc4s3)=CC[C@@H]12. The van der Waals surface area contributed by atoms with Gasteiger partial charge in [0.2, 0.25) is 0 Å². The van der Waals surface area contributed by atoms with Crippen LogP contribution >= 0.6 is 11.3 Å². The summed E-state index contributed by atoms with van der Waals surface area (Å²) in [6.45, 7) is 5.10. The molecule has 0 bridgehead atoms. The van der Waals surface area contributed by atoms with Crippen LogP contribution in [0.2, 0.25) is 0 Å². The van der Waals surface area contributed by atoms with Gasteiger partial charge in [-0.15, -0.1) is 11.3 Å². The molecule has 152 valence electrons. The first-order valence-corrected chi connectivity index (χ1v) is 12.4. The summed E-state index contributed by atoms with van der Waals surface area (Å²) >= 11 is 1.99. The molecule has 4 aliphatic rings. The maximum atomic E-state index is 10.2. The molecule has 2 saturated carbocycles. The van der Waals surface area contributed by atoms with Gasteiger partial charge in [0.15, 0.2) is 0 Å². The number of rotatable bonds is 1. The van der Waals surface area contributed by atoms with E-state index < -0.39 is 0 Å². The first-order valence-electron chi connectivity index (χ1n) is 11.6. The lowest BCUT2D eigenvalue weighted by Crippen LogP contribution is -2.49. The second-order valence-corrected chi connectivity index (χ2v) is 11.7. The van der Waals surface area contributed by atoms with E-state index in [1.807, 2.05) is 11.3 Å². The van der Waals surface area contributed by atoms with E-state index >= 15 is 0 Å². The Morgan fingerprint density at radius 3 is 2.66 bits per heavy atom. The Morgan fingerprint density at radius 2 is 1.79 bits per heavy atom. The average Bonchev–Trinajstić information content (AvgIpc) is 3.28. The molecule has 1 N–H and O–H groups in total. The Bertz CT molecular complexity index is 995. The van der Waals surface area contributed by atoms with Crippen molar-refractivity contribution in [1.82, 2.24) is 0 Å². The van der Waals surface area contributed by atoms with Gasteiger partial charge in [-0.2, -0.15) is 0 Å². The summed E-state index contributed by atoms with van der Waals surface area (Å²) in [5, 5.41) is 11.6. The zero-order valence-electron chi connectivity index (χ0n) is 17.7.